The lowest BCUT2D eigenvalue weighted by Gasteiger charge is -2.09. The van der Waals surface area contributed by atoms with Crippen molar-refractivity contribution < 1.29 is 14.3 Å². The lowest BCUT2D eigenvalue weighted by atomic mass is 10.2. The Labute approximate surface area is 126 Å². The summed E-state index contributed by atoms with van der Waals surface area (Å²) in [5.74, 6) is 0.619. The number of nitrogens with zero attached hydrogens (tertiary/aromatic N) is 1. The molecule has 0 saturated heterocycles. The van der Waals surface area contributed by atoms with Gasteiger partial charge in [-0.25, -0.2) is 4.98 Å². The first-order chi connectivity index (χ1) is 10.2. The van der Waals surface area contributed by atoms with Gasteiger partial charge in [-0.2, -0.15) is 0 Å². The molecule has 0 unspecified atom stereocenters. The summed E-state index contributed by atoms with van der Waals surface area (Å²) >= 11 is 0. The highest BCUT2D eigenvalue weighted by atomic mass is 16.5. The molecule has 1 heterocycles. The van der Waals surface area contributed by atoms with Crippen LogP contribution >= 0.6 is 0 Å². The molecule has 6 heteroatoms. The Balaban J connectivity index is 2.44. The molecule has 2 N–H and O–H groups in total. The van der Waals surface area contributed by atoms with Crippen LogP contribution in [0.3, 0.4) is 0 Å². The summed E-state index contributed by atoms with van der Waals surface area (Å²) in [6.45, 7) is 6.84. The number of ether oxygens (including phenoxy) is 2. The summed E-state index contributed by atoms with van der Waals surface area (Å²) in [6, 6.07) is 3.54. The molecule has 0 atom stereocenters. The molecule has 0 aliphatic carbocycles. The summed E-state index contributed by atoms with van der Waals surface area (Å²) in [6.07, 6.45) is 1.01. The van der Waals surface area contributed by atoms with E-state index in [2.05, 4.69) is 22.5 Å². The number of nitrogens with one attached hydrogen (secondary N) is 2. The lowest BCUT2D eigenvalue weighted by molar-refractivity contribution is 0.0692. The van der Waals surface area contributed by atoms with Crippen LogP contribution in [-0.4, -0.2) is 50.9 Å². The number of hydrogen-bond acceptors (Lipinski definition) is 5. The molecule has 21 heavy (non-hydrogen) atoms. The molecule has 0 spiro atoms. The summed E-state index contributed by atoms with van der Waals surface area (Å²) < 4.78 is 10.2. The third kappa shape index (κ3) is 7.06. The molecule has 1 aromatic heterocycles. The van der Waals surface area contributed by atoms with E-state index < -0.39 is 0 Å². The number of aromatic nitrogens is 1. The SMILES string of the molecule is CCCNc1cc(C(=O)NCCOCCOC)cc(C)n1. The standard InChI is InChI=1S/C15H25N3O3/c1-4-5-16-14-11-13(10-12(2)18-14)15(19)17-6-7-21-9-8-20-3/h10-11H,4-9H2,1-3H3,(H,16,18)(H,17,19). The average Bonchev–Trinajstić information content (AvgIpc) is 2.48. The molecule has 0 radical (unpaired) electrons. The average molecular weight is 295 g/mol. The molecule has 0 saturated carbocycles. The first-order valence-electron chi connectivity index (χ1n) is 7.24. The van der Waals surface area contributed by atoms with Gasteiger partial charge in [-0.3, -0.25) is 4.79 Å². The molecule has 1 rings (SSSR count). The van der Waals surface area contributed by atoms with Crippen LogP contribution in [0.15, 0.2) is 12.1 Å². The van der Waals surface area contributed by atoms with Crippen molar-refractivity contribution in [2.75, 3.05) is 45.3 Å². The summed E-state index contributed by atoms with van der Waals surface area (Å²) in [7, 11) is 1.63. The largest absolute Gasteiger partial charge is 0.382 e. The van der Waals surface area contributed by atoms with Gasteiger partial charge >= 0.3 is 0 Å². The predicted octanol–water partition coefficient (Wildman–Crippen LogP) is 1.60. The minimum absolute atomic E-state index is 0.115. The van der Waals surface area contributed by atoms with E-state index in [1.54, 1.807) is 19.2 Å². The molecule has 118 valence electrons. The molecule has 0 aliphatic rings. The summed E-state index contributed by atoms with van der Waals surface area (Å²) in [4.78, 5) is 16.4. The third-order valence-corrected chi connectivity index (χ3v) is 2.74. The second kappa shape index (κ2) is 10.1. The fourth-order valence-corrected chi connectivity index (χ4v) is 1.73. The van der Waals surface area contributed by atoms with E-state index >= 15 is 0 Å². The van der Waals surface area contributed by atoms with Gasteiger partial charge in [0.2, 0.25) is 0 Å². The number of methoxy groups -OCH3 is 1. The van der Waals surface area contributed by atoms with Crippen LogP contribution in [0, 0.1) is 6.92 Å². The van der Waals surface area contributed by atoms with Crippen molar-refractivity contribution in [1.29, 1.82) is 0 Å². The zero-order valence-corrected chi connectivity index (χ0v) is 13.1. The maximum atomic E-state index is 12.1. The second-order valence-corrected chi connectivity index (χ2v) is 4.67. The Hall–Kier alpha value is -1.66. The molecule has 1 amide bonds. The van der Waals surface area contributed by atoms with Crippen LogP contribution in [0.4, 0.5) is 5.82 Å². The number of hydrogen-bond donors (Lipinski definition) is 2. The number of carbonyl (C=O) groups excluding carboxylic acids is 1. The summed E-state index contributed by atoms with van der Waals surface area (Å²) in [5, 5.41) is 6.02. The van der Waals surface area contributed by atoms with Crippen molar-refractivity contribution in [3.05, 3.63) is 23.4 Å². The summed E-state index contributed by atoms with van der Waals surface area (Å²) in [5.41, 5.74) is 1.43. The van der Waals surface area contributed by atoms with Crippen molar-refractivity contribution in [2.45, 2.75) is 20.3 Å². The van der Waals surface area contributed by atoms with Gasteiger partial charge in [-0.05, 0) is 25.5 Å². The maximum Gasteiger partial charge on any atom is 0.251 e. The van der Waals surface area contributed by atoms with Gasteiger partial charge in [0.25, 0.3) is 5.91 Å². The van der Waals surface area contributed by atoms with Gasteiger partial charge in [-0.15, -0.1) is 0 Å². The van der Waals surface area contributed by atoms with Crippen molar-refractivity contribution in [3.63, 3.8) is 0 Å². The minimum Gasteiger partial charge on any atom is -0.382 e. The van der Waals surface area contributed by atoms with E-state index in [9.17, 15) is 4.79 Å². The zero-order valence-electron chi connectivity index (χ0n) is 13.1. The quantitative estimate of drug-likeness (QED) is 0.642. The maximum absolute atomic E-state index is 12.1. The van der Waals surface area contributed by atoms with Crippen LogP contribution in [0.2, 0.25) is 0 Å². The Bertz CT molecular complexity index is 438. The Kier molecular flexibility index (Phi) is 8.38. The first kappa shape index (κ1) is 17.4. The smallest absolute Gasteiger partial charge is 0.251 e. The van der Waals surface area contributed by atoms with Crippen LogP contribution in [-0.2, 0) is 9.47 Å². The number of pyridine rings is 1. The van der Waals surface area contributed by atoms with Crippen molar-refractivity contribution in [1.82, 2.24) is 10.3 Å². The Morgan fingerprint density at radius 1 is 1.24 bits per heavy atom. The lowest BCUT2D eigenvalue weighted by Crippen LogP contribution is -2.28. The monoisotopic (exact) mass is 295 g/mol. The number of aryl methyl sites for hydroxylation is 1. The van der Waals surface area contributed by atoms with E-state index in [-0.39, 0.29) is 5.91 Å². The van der Waals surface area contributed by atoms with Gasteiger partial charge in [0.05, 0.1) is 19.8 Å². The van der Waals surface area contributed by atoms with Crippen molar-refractivity contribution in [3.8, 4) is 0 Å². The molecule has 0 bridgehead atoms. The minimum atomic E-state index is -0.115. The van der Waals surface area contributed by atoms with Crippen LogP contribution in [0.1, 0.15) is 29.4 Å². The van der Waals surface area contributed by atoms with E-state index in [0.29, 0.717) is 31.9 Å². The zero-order chi connectivity index (χ0) is 15.5. The van der Waals surface area contributed by atoms with Crippen LogP contribution < -0.4 is 10.6 Å². The normalized spacial score (nSPS) is 10.4. The molecule has 0 aromatic carbocycles. The van der Waals surface area contributed by atoms with E-state index in [4.69, 9.17) is 9.47 Å². The van der Waals surface area contributed by atoms with Crippen molar-refractivity contribution in [2.24, 2.45) is 0 Å². The predicted molar refractivity (Wildman–Crippen MR) is 82.8 cm³/mol. The number of rotatable bonds is 10. The number of carbonyl (C=O) groups is 1. The van der Waals surface area contributed by atoms with Gasteiger partial charge in [0.15, 0.2) is 0 Å². The second-order valence-electron chi connectivity index (χ2n) is 4.67. The fraction of sp³-hybridized carbons (Fsp3) is 0.600. The van der Waals surface area contributed by atoms with Gasteiger partial charge in [0, 0.05) is 31.5 Å². The fourth-order valence-electron chi connectivity index (χ4n) is 1.73. The molecule has 0 fully saturated rings. The highest BCUT2D eigenvalue weighted by Crippen LogP contribution is 2.10. The molecule has 1 aromatic rings. The molecular weight excluding hydrogens is 270 g/mol. The third-order valence-electron chi connectivity index (χ3n) is 2.74. The van der Waals surface area contributed by atoms with Crippen molar-refractivity contribution >= 4 is 11.7 Å². The van der Waals surface area contributed by atoms with Gasteiger partial charge < -0.3 is 20.1 Å². The molecular formula is C15H25N3O3. The molecule has 0 aliphatic heterocycles. The van der Waals surface area contributed by atoms with Crippen LogP contribution in [0.5, 0.6) is 0 Å². The van der Waals surface area contributed by atoms with E-state index in [1.165, 1.54) is 0 Å². The number of amides is 1. The number of anilines is 1. The van der Waals surface area contributed by atoms with E-state index in [0.717, 1.165) is 24.5 Å². The highest BCUT2D eigenvalue weighted by molar-refractivity contribution is 5.94. The topological polar surface area (TPSA) is 72.5 Å². The van der Waals surface area contributed by atoms with Gasteiger partial charge in [0.1, 0.15) is 5.82 Å². The van der Waals surface area contributed by atoms with E-state index in [1.807, 2.05) is 6.92 Å². The van der Waals surface area contributed by atoms with Gasteiger partial charge in [-0.1, -0.05) is 6.92 Å². The Morgan fingerprint density at radius 3 is 2.76 bits per heavy atom. The molecule has 6 nitrogen and oxygen atoms in total. The first-order valence-corrected chi connectivity index (χ1v) is 7.24. The highest BCUT2D eigenvalue weighted by Gasteiger charge is 2.08. The van der Waals surface area contributed by atoms with Crippen LogP contribution in [0.25, 0.3) is 0 Å². The Morgan fingerprint density at radius 2 is 2.05 bits per heavy atom.